The highest BCUT2D eigenvalue weighted by Crippen LogP contribution is 2.28. The second-order valence-corrected chi connectivity index (χ2v) is 8.03. The summed E-state index contributed by atoms with van der Waals surface area (Å²) < 4.78 is 16.7. The van der Waals surface area contributed by atoms with Crippen molar-refractivity contribution >= 4 is 45.7 Å². The maximum absolute atomic E-state index is 12.5. The number of urea groups is 1. The van der Waals surface area contributed by atoms with Crippen molar-refractivity contribution in [3.63, 3.8) is 0 Å². The van der Waals surface area contributed by atoms with Gasteiger partial charge in [0.05, 0.1) is 29.9 Å². The van der Waals surface area contributed by atoms with Crippen LogP contribution in [0.2, 0.25) is 0 Å². The van der Waals surface area contributed by atoms with Crippen LogP contribution < -0.4 is 10.6 Å². The van der Waals surface area contributed by atoms with Gasteiger partial charge in [-0.2, -0.15) is 0 Å². The van der Waals surface area contributed by atoms with Crippen LogP contribution >= 0.6 is 27.7 Å². The number of hydrogen-bond acceptors (Lipinski definition) is 7. The predicted octanol–water partition coefficient (Wildman–Crippen LogP) is 3.55. The molecule has 1 unspecified atom stereocenters. The normalized spacial score (nSPS) is 15.9. The largest absolute Gasteiger partial charge is 0.467 e. The SMILES string of the molecule is CCOC(=O)C1=C(COC(=O)CSc2ccc(Br)cc2)NC(=O)NC1c1ccco1. The zero-order chi connectivity index (χ0) is 21.5. The molecule has 3 rings (SSSR count). The molecule has 158 valence electrons. The summed E-state index contributed by atoms with van der Waals surface area (Å²) in [6.07, 6.45) is 1.44. The summed E-state index contributed by atoms with van der Waals surface area (Å²) in [6.45, 7) is 1.55. The fraction of sp³-hybridized carbons (Fsp3) is 0.250. The van der Waals surface area contributed by atoms with Gasteiger partial charge >= 0.3 is 18.0 Å². The molecule has 1 aliphatic rings. The van der Waals surface area contributed by atoms with E-state index in [1.54, 1.807) is 19.1 Å². The average Bonchev–Trinajstić information content (AvgIpc) is 3.26. The Morgan fingerprint density at radius 1 is 1.20 bits per heavy atom. The van der Waals surface area contributed by atoms with E-state index in [0.29, 0.717) is 5.76 Å². The zero-order valence-electron chi connectivity index (χ0n) is 16.0. The third kappa shape index (κ3) is 5.67. The van der Waals surface area contributed by atoms with Gasteiger partial charge in [-0.15, -0.1) is 11.8 Å². The number of rotatable bonds is 8. The third-order valence-electron chi connectivity index (χ3n) is 4.02. The minimum absolute atomic E-state index is 0.0808. The number of furan rings is 1. The summed E-state index contributed by atoms with van der Waals surface area (Å²) in [5.41, 5.74) is 0.278. The predicted molar refractivity (Wildman–Crippen MR) is 113 cm³/mol. The number of carbonyl (C=O) groups is 3. The van der Waals surface area contributed by atoms with E-state index in [2.05, 4.69) is 26.6 Å². The fourth-order valence-corrected chi connectivity index (χ4v) is 3.68. The molecule has 0 saturated carbocycles. The molecule has 0 fully saturated rings. The molecule has 0 radical (unpaired) electrons. The first kappa shape index (κ1) is 22.0. The molecule has 1 aromatic heterocycles. The van der Waals surface area contributed by atoms with Crippen LogP contribution in [0, 0.1) is 0 Å². The number of nitrogens with one attached hydrogen (secondary N) is 2. The van der Waals surface area contributed by atoms with E-state index in [1.165, 1.54) is 18.0 Å². The van der Waals surface area contributed by atoms with Crippen LogP contribution in [0.4, 0.5) is 4.79 Å². The molecule has 30 heavy (non-hydrogen) atoms. The zero-order valence-corrected chi connectivity index (χ0v) is 18.4. The minimum atomic E-state index is -0.848. The molecule has 0 aliphatic carbocycles. The number of hydrogen-bond donors (Lipinski definition) is 2. The number of thioether (sulfide) groups is 1. The first-order valence-corrected chi connectivity index (χ1v) is 10.8. The van der Waals surface area contributed by atoms with Gasteiger partial charge in [-0.25, -0.2) is 9.59 Å². The number of carbonyl (C=O) groups excluding carboxylic acids is 3. The van der Waals surface area contributed by atoms with Crippen LogP contribution in [0.25, 0.3) is 0 Å². The van der Waals surface area contributed by atoms with Crippen molar-refractivity contribution in [2.75, 3.05) is 19.0 Å². The topological polar surface area (TPSA) is 107 Å². The van der Waals surface area contributed by atoms with Crippen LogP contribution in [0.1, 0.15) is 18.7 Å². The van der Waals surface area contributed by atoms with Gasteiger partial charge in [-0.1, -0.05) is 15.9 Å². The van der Waals surface area contributed by atoms with Crippen molar-refractivity contribution in [1.29, 1.82) is 0 Å². The lowest BCUT2D eigenvalue weighted by Crippen LogP contribution is -2.47. The van der Waals surface area contributed by atoms with E-state index >= 15 is 0 Å². The summed E-state index contributed by atoms with van der Waals surface area (Å²) in [4.78, 5) is 37.7. The van der Waals surface area contributed by atoms with Crippen molar-refractivity contribution in [2.24, 2.45) is 0 Å². The molecule has 1 aromatic carbocycles. The minimum Gasteiger partial charge on any atom is -0.467 e. The van der Waals surface area contributed by atoms with Gasteiger partial charge in [0.15, 0.2) is 0 Å². The first-order chi connectivity index (χ1) is 14.5. The average molecular weight is 495 g/mol. The number of ether oxygens (including phenoxy) is 2. The molecule has 0 saturated heterocycles. The summed E-state index contributed by atoms with van der Waals surface area (Å²) in [7, 11) is 0. The Hall–Kier alpha value is -2.72. The molecule has 0 spiro atoms. The second-order valence-electron chi connectivity index (χ2n) is 6.06. The molecular weight excluding hydrogens is 476 g/mol. The maximum atomic E-state index is 12.5. The third-order valence-corrected chi connectivity index (χ3v) is 5.54. The molecule has 2 aromatic rings. The number of benzene rings is 1. The summed E-state index contributed by atoms with van der Waals surface area (Å²) in [5, 5.41) is 5.16. The number of esters is 2. The molecule has 10 heteroatoms. The number of halogens is 1. The molecule has 1 atom stereocenters. The molecule has 0 bridgehead atoms. The monoisotopic (exact) mass is 494 g/mol. The van der Waals surface area contributed by atoms with Gasteiger partial charge < -0.3 is 24.5 Å². The molecule has 8 nitrogen and oxygen atoms in total. The first-order valence-electron chi connectivity index (χ1n) is 9.03. The van der Waals surface area contributed by atoms with E-state index in [9.17, 15) is 14.4 Å². The van der Waals surface area contributed by atoms with Gasteiger partial charge in [-0.05, 0) is 43.3 Å². The van der Waals surface area contributed by atoms with Crippen molar-refractivity contribution in [2.45, 2.75) is 17.9 Å². The van der Waals surface area contributed by atoms with Gasteiger partial charge in [0.25, 0.3) is 0 Å². The van der Waals surface area contributed by atoms with Crippen LogP contribution in [-0.4, -0.2) is 36.9 Å². The summed E-state index contributed by atoms with van der Waals surface area (Å²) in [5.74, 6) is -0.678. The quantitative estimate of drug-likeness (QED) is 0.426. The van der Waals surface area contributed by atoms with Gasteiger partial charge in [0.2, 0.25) is 0 Å². The highest BCUT2D eigenvalue weighted by atomic mass is 79.9. The Labute approximate surface area is 185 Å². The lowest BCUT2D eigenvalue weighted by atomic mass is 10.0. The molecular formula is C20H19BrN2O6S. The van der Waals surface area contributed by atoms with Crippen molar-refractivity contribution in [3.8, 4) is 0 Å². The van der Waals surface area contributed by atoms with Crippen LogP contribution in [0.3, 0.4) is 0 Å². The van der Waals surface area contributed by atoms with Gasteiger partial charge in [0.1, 0.15) is 18.4 Å². The van der Waals surface area contributed by atoms with Crippen molar-refractivity contribution in [1.82, 2.24) is 10.6 Å². The van der Waals surface area contributed by atoms with E-state index in [-0.39, 0.29) is 30.2 Å². The van der Waals surface area contributed by atoms with E-state index in [4.69, 9.17) is 13.9 Å². The van der Waals surface area contributed by atoms with Gasteiger partial charge in [-0.3, -0.25) is 4.79 Å². The Balaban J connectivity index is 1.71. The van der Waals surface area contributed by atoms with E-state index in [1.807, 2.05) is 24.3 Å². The Morgan fingerprint density at radius 3 is 2.63 bits per heavy atom. The fourth-order valence-electron chi connectivity index (χ4n) is 2.72. The Kier molecular flexibility index (Phi) is 7.58. The highest BCUT2D eigenvalue weighted by molar-refractivity contribution is 9.10. The Bertz CT molecular complexity index is 943. The van der Waals surface area contributed by atoms with Crippen LogP contribution in [-0.2, 0) is 19.1 Å². The van der Waals surface area contributed by atoms with E-state index < -0.39 is 24.0 Å². The molecule has 1 aliphatic heterocycles. The van der Waals surface area contributed by atoms with Gasteiger partial charge in [0, 0.05) is 9.37 Å². The molecule has 2 heterocycles. The lowest BCUT2D eigenvalue weighted by Gasteiger charge is -2.27. The van der Waals surface area contributed by atoms with Crippen molar-refractivity contribution in [3.05, 3.63) is 64.2 Å². The second kappa shape index (κ2) is 10.4. The Morgan fingerprint density at radius 2 is 1.97 bits per heavy atom. The maximum Gasteiger partial charge on any atom is 0.338 e. The smallest absolute Gasteiger partial charge is 0.338 e. The molecule has 2 amide bonds. The highest BCUT2D eigenvalue weighted by Gasteiger charge is 2.35. The molecule has 2 N–H and O–H groups in total. The standard InChI is InChI=1S/C20H19BrN2O6S/c1-2-27-19(25)17-14(22-20(26)23-18(17)15-4-3-9-28-15)10-29-16(24)11-30-13-7-5-12(21)6-8-13/h3-9,18H,2,10-11H2,1H3,(H2,22,23,26). The summed E-state index contributed by atoms with van der Waals surface area (Å²) in [6, 6.07) is 9.40. The van der Waals surface area contributed by atoms with Crippen LogP contribution in [0.5, 0.6) is 0 Å². The van der Waals surface area contributed by atoms with E-state index in [0.717, 1.165) is 9.37 Å². The lowest BCUT2D eigenvalue weighted by molar-refractivity contribution is -0.141. The number of amides is 2. The summed E-state index contributed by atoms with van der Waals surface area (Å²) >= 11 is 4.68. The van der Waals surface area contributed by atoms with Crippen molar-refractivity contribution < 1.29 is 28.3 Å². The van der Waals surface area contributed by atoms with Crippen LogP contribution in [0.15, 0.2) is 67.7 Å².